The molecule has 0 radical (unpaired) electrons. The summed E-state index contributed by atoms with van der Waals surface area (Å²) >= 11 is 0. The molecular weight excluding hydrogens is 378 g/mol. The van der Waals surface area contributed by atoms with Gasteiger partial charge in [0.2, 0.25) is 0 Å². The van der Waals surface area contributed by atoms with Crippen LogP contribution in [0.1, 0.15) is 45.6 Å². The monoisotopic (exact) mass is 401 g/mol. The summed E-state index contributed by atoms with van der Waals surface area (Å²) in [5.74, 6) is -0.771. The Morgan fingerprint density at radius 2 is 1.83 bits per heavy atom. The molecule has 3 aromatic rings. The summed E-state index contributed by atoms with van der Waals surface area (Å²) < 4.78 is 0. The number of amides is 1. The third-order valence-electron chi connectivity index (χ3n) is 5.56. The minimum absolute atomic E-state index is 0.179. The number of anilines is 1. The Hall–Kier alpha value is -3.67. The Balaban J connectivity index is 1.42. The van der Waals surface area contributed by atoms with Crippen LogP contribution in [0.3, 0.4) is 0 Å². The van der Waals surface area contributed by atoms with Crippen molar-refractivity contribution in [3.63, 3.8) is 0 Å². The average molecular weight is 401 g/mol. The first-order chi connectivity index (χ1) is 14.5. The Kier molecular flexibility index (Phi) is 5.48. The number of nitrogens with one attached hydrogen (secondary N) is 3. The van der Waals surface area contributed by atoms with Gasteiger partial charge in [-0.15, -0.1) is 0 Å². The second kappa shape index (κ2) is 8.37. The van der Waals surface area contributed by atoms with E-state index in [4.69, 9.17) is 10.5 Å². The van der Waals surface area contributed by atoms with E-state index in [2.05, 4.69) is 10.3 Å². The van der Waals surface area contributed by atoms with Crippen LogP contribution < -0.4 is 5.32 Å². The number of fused-ring (bicyclic) bond motifs is 1. The summed E-state index contributed by atoms with van der Waals surface area (Å²) in [4.78, 5) is 26.6. The number of aromatic nitrogens is 1. The average Bonchev–Trinajstić information content (AvgIpc) is 3.28. The van der Waals surface area contributed by atoms with E-state index < -0.39 is 5.97 Å². The highest BCUT2D eigenvalue weighted by atomic mass is 16.4. The van der Waals surface area contributed by atoms with Crippen LogP contribution in [-0.4, -0.2) is 27.7 Å². The highest BCUT2D eigenvalue weighted by Crippen LogP contribution is 2.29. The van der Waals surface area contributed by atoms with Gasteiger partial charge < -0.3 is 15.4 Å². The van der Waals surface area contributed by atoms with Crippen molar-refractivity contribution in [2.75, 3.05) is 5.32 Å². The van der Waals surface area contributed by atoms with E-state index >= 15 is 0 Å². The number of H-pyrrole nitrogens is 1. The Bertz CT molecular complexity index is 1090. The first-order valence-corrected chi connectivity index (χ1v) is 9.97. The second-order valence-electron chi connectivity index (χ2n) is 7.68. The zero-order valence-electron chi connectivity index (χ0n) is 16.4. The van der Waals surface area contributed by atoms with E-state index in [0.29, 0.717) is 11.3 Å². The number of benzene rings is 2. The molecule has 4 rings (SSSR count). The van der Waals surface area contributed by atoms with Crippen molar-refractivity contribution >= 4 is 23.3 Å². The molecule has 6 nitrogen and oxygen atoms in total. The number of aryl methyl sites for hydroxylation is 1. The van der Waals surface area contributed by atoms with Gasteiger partial charge in [-0.1, -0.05) is 18.2 Å². The number of hydrogen-bond donors (Lipinski definition) is 4. The fraction of sp³-hybridized carbons (Fsp3) is 0.208. The zero-order chi connectivity index (χ0) is 21.1. The summed E-state index contributed by atoms with van der Waals surface area (Å²) in [6.07, 6.45) is 4.42. The van der Waals surface area contributed by atoms with E-state index in [-0.39, 0.29) is 18.2 Å². The number of rotatable bonds is 6. The molecule has 1 atom stereocenters. The van der Waals surface area contributed by atoms with Gasteiger partial charge in [0.1, 0.15) is 0 Å². The van der Waals surface area contributed by atoms with Crippen molar-refractivity contribution < 1.29 is 14.7 Å². The van der Waals surface area contributed by atoms with Crippen LogP contribution in [0, 0.1) is 11.3 Å². The molecule has 1 unspecified atom stereocenters. The summed E-state index contributed by atoms with van der Waals surface area (Å²) in [6.45, 7) is 0. The fourth-order valence-electron chi connectivity index (χ4n) is 3.96. The van der Waals surface area contributed by atoms with Gasteiger partial charge >= 0.3 is 5.97 Å². The molecule has 1 aliphatic rings. The number of carboxylic acids is 1. The molecule has 0 spiro atoms. The number of carboxylic acid groups (broad SMARTS) is 1. The maximum Gasteiger partial charge on any atom is 0.303 e. The van der Waals surface area contributed by atoms with E-state index in [1.807, 2.05) is 30.3 Å². The molecule has 0 fully saturated rings. The lowest BCUT2D eigenvalue weighted by atomic mass is 9.82. The van der Waals surface area contributed by atoms with Gasteiger partial charge in [-0.2, -0.15) is 0 Å². The SMILES string of the molecule is N=C(c1ccc(C(=O)Nc2ccc3c(c2)CCC(CC(=O)O)C3)cc1)c1ccc[nH]1. The molecule has 1 aliphatic carbocycles. The summed E-state index contributed by atoms with van der Waals surface area (Å²) in [6, 6.07) is 16.5. The second-order valence-corrected chi connectivity index (χ2v) is 7.68. The number of carbonyl (C=O) groups excluding carboxylic acids is 1. The maximum absolute atomic E-state index is 12.6. The molecule has 152 valence electrons. The predicted molar refractivity (Wildman–Crippen MR) is 115 cm³/mol. The van der Waals surface area contributed by atoms with Crippen LogP contribution in [0.15, 0.2) is 60.8 Å². The maximum atomic E-state index is 12.6. The number of hydrogen-bond acceptors (Lipinski definition) is 3. The van der Waals surface area contributed by atoms with Crippen molar-refractivity contribution in [1.29, 1.82) is 5.41 Å². The van der Waals surface area contributed by atoms with Crippen molar-refractivity contribution in [1.82, 2.24) is 4.98 Å². The first kappa shape index (κ1) is 19.6. The van der Waals surface area contributed by atoms with E-state index in [9.17, 15) is 9.59 Å². The molecule has 2 aromatic carbocycles. The predicted octanol–water partition coefficient (Wildman–Crippen LogP) is 4.26. The van der Waals surface area contributed by atoms with Crippen LogP contribution in [0.4, 0.5) is 5.69 Å². The van der Waals surface area contributed by atoms with Gasteiger partial charge in [-0.05, 0) is 72.7 Å². The normalized spacial score (nSPS) is 15.3. The number of aromatic amines is 1. The molecule has 1 heterocycles. The van der Waals surface area contributed by atoms with Crippen molar-refractivity contribution in [3.8, 4) is 0 Å². The van der Waals surface area contributed by atoms with Gasteiger partial charge in [-0.3, -0.25) is 15.0 Å². The minimum Gasteiger partial charge on any atom is -0.481 e. The van der Waals surface area contributed by atoms with Gasteiger partial charge in [0.25, 0.3) is 5.91 Å². The molecular formula is C24H23N3O3. The van der Waals surface area contributed by atoms with Crippen molar-refractivity contribution in [2.24, 2.45) is 5.92 Å². The highest BCUT2D eigenvalue weighted by Gasteiger charge is 2.21. The van der Waals surface area contributed by atoms with Crippen LogP contribution in [0.25, 0.3) is 0 Å². The Morgan fingerprint density at radius 3 is 2.53 bits per heavy atom. The molecule has 6 heteroatoms. The third-order valence-corrected chi connectivity index (χ3v) is 5.56. The van der Waals surface area contributed by atoms with Crippen LogP contribution in [0.2, 0.25) is 0 Å². The Morgan fingerprint density at radius 1 is 1.07 bits per heavy atom. The smallest absolute Gasteiger partial charge is 0.303 e. The van der Waals surface area contributed by atoms with Gasteiger partial charge in [-0.25, -0.2) is 0 Å². The molecule has 0 saturated carbocycles. The zero-order valence-corrected chi connectivity index (χ0v) is 16.4. The van der Waals surface area contributed by atoms with Crippen LogP contribution >= 0.6 is 0 Å². The van der Waals surface area contributed by atoms with Gasteiger partial charge in [0.05, 0.1) is 11.4 Å². The lowest BCUT2D eigenvalue weighted by Crippen LogP contribution is -2.18. The molecule has 0 saturated heterocycles. The molecule has 0 bridgehead atoms. The highest BCUT2D eigenvalue weighted by molar-refractivity contribution is 6.10. The van der Waals surface area contributed by atoms with Crippen LogP contribution in [-0.2, 0) is 17.6 Å². The van der Waals surface area contributed by atoms with Crippen LogP contribution in [0.5, 0.6) is 0 Å². The number of carbonyl (C=O) groups is 2. The molecule has 1 aromatic heterocycles. The summed E-state index contributed by atoms with van der Waals surface area (Å²) in [5.41, 5.74) is 5.44. The van der Waals surface area contributed by atoms with E-state index in [1.54, 1.807) is 30.5 Å². The van der Waals surface area contributed by atoms with Gasteiger partial charge in [0, 0.05) is 29.4 Å². The largest absolute Gasteiger partial charge is 0.481 e. The topological polar surface area (TPSA) is 106 Å². The molecule has 4 N–H and O–H groups in total. The molecule has 0 aliphatic heterocycles. The number of aliphatic carboxylic acids is 1. The fourth-order valence-corrected chi connectivity index (χ4v) is 3.96. The summed E-state index contributed by atoms with van der Waals surface area (Å²) in [7, 11) is 0. The van der Waals surface area contributed by atoms with Gasteiger partial charge in [0.15, 0.2) is 0 Å². The summed E-state index contributed by atoms with van der Waals surface area (Å²) in [5, 5.41) is 20.2. The van der Waals surface area contributed by atoms with E-state index in [0.717, 1.165) is 41.8 Å². The Labute approximate surface area is 174 Å². The van der Waals surface area contributed by atoms with E-state index in [1.165, 1.54) is 5.56 Å². The standard InChI is InChI=1S/C24H23N3O3/c25-23(21-2-1-11-26-21)16-5-7-17(8-6-16)24(30)27-20-10-9-18-12-15(13-22(28)29)3-4-19(18)14-20/h1-2,5-11,14-15,25-26H,3-4,12-13H2,(H,27,30)(H,28,29). The third kappa shape index (κ3) is 4.33. The first-order valence-electron chi connectivity index (χ1n) is 9.97. The minimum atomic E-state index is -0.749. The van der Waals surface area contributed by atoms with Crippen molar-refractivity contribution in [3.05, 3.63) is 88.7 Å². The lowest BCUT2D eigenvalue weighted by molar-refractivity contribution is -0.138. The lowest BCUT2D eigenvalue weighted by Gasteiger charge is -2.24. The molecule has 30 heavy (non-hydrogen) atoms. The van der Waals surface area contributed by atoms with Crippen molar-refractivity contribution in [2.45, 2.75) is 25.7 Å². The molecule has 1 amide bonds. The quantitative estimate of drug-likeness (QED) is 0.464.